The largest absolute Gasteiger partial charge is 0.416 e. The lowest BCUT2D eigenvalue weighted by Crippen LogP contribution is -2.48. The van der Waals surface area contributed by atoms with Gasteiger partial charge in [-0.3, -0.25) is 19.7 Å². The number of H-pyrrole nitrogens is 1. The molecule has 1 aliphatic heterocycles. The lowest BCUT2D eigenvalue weighted by molar-refractivity contribution is -0.385. The van der Waals surface area contributed by atoms with Gasteiger partial charge in [0.2, 0.25) is 5.91 Å². The van der Waals surface area contributed by atoms with Crippen LogP contribution in [0.5, 0.6) is 0 Å². The van der Waals surface area contributed by atoms with Gasteiger partial charge in [0.05, 0.1) is 28.5 Å². The first-order chi connectivity index (χ1) is 16.4. The van der Waals surface area contributed by atoms with Crippen LogP contribution >= 0.6 is 0 Å². The van der Waals surface area contributed by atoms with Gasteiger partial charge < -0.3 is 15.1 Å². The van der Waals surface area contributed by atoms with Crippen LogP contribution in [0.1, 0.15) is 24.1 Å². The number of likely N-dealkylation sites (N-methyl/N-ethyl adjacent to an activating group) is 1. The zero-order valence-electron chi connectivity index (χ0n) is 18.7. The molecule has 0 saturated carbocycles. The second kappa shape index (κ2) is 8.89. The van der Waals surface area contributed by atoms with Gasteiger partial charge in [-0.05, 0) is 36.8 Å². The summed E-state index contributed by atoms with van der Waals surface area (Å²) in [6, 6.07) is 6.51. The van der Waals surface area contributed by atoms with Crippen LogP contribution in [0.4, 0.5) is 30.4 Å². The quantitative estimate of drug-likeness (QED) is 0.415. The first-order valence-electron chi connectivity index (χ1n) is 10.6. The van der Waals surface area contributed by atoms with E-state index in [1.807, 2.05) is 4.90 Å². The minimum Gasteiger partial charge on any atom is -0.362 e. The molecule has 13 heteroatoms. The maximum atomic E-state index is 13.3. The first-order valence-corrected chi connectivity index (χ1v) is 10.6. The molecule has 1 aromatic heterocycles. The topological polar surface area (TPSA) is 124 Å². The van der Waals surface area contributed by atoms with Crippen LogP contribution in [0.3, 0.4) is 0 Å². The van der Waals surface area contributed by atoms with Crippen molar-refractivity contribution in [1.29, 1.82) is 0 Å². The number of carbonyl (C=O) groups excluding carboxylic acids is 1. The number of nitrogens with zero attached hydrogens (tertiary/aromatic N) is 4. The van der Waals surface area contributed by atoms with E-state index in [0.717, 1.165) is 12.1 Å². The molecule has 4 rings (SSSR count). The van der Waals surface area contributed by atoms with E-state index in [0.29, 0.717) is 30.2 Å². The number of nitrogens with one attached hydrogen (secondary N) is 2. The predicted molar refractivity (Wildman–Crippen MR) is 122 cm³/mol. The van der Waals surface area contributed by atoms with Gasteiger partial charge >= 0.3 is 6.18 Å². The van der Waals surface area contributed by atoms with Gasteiger partial charge in [0, 0.05) is 43.3 Å². The van der Waals surface area contributed by atoms with Crippen LogP contribution in [0.25, 0.3) is 10.8 Å². The molecule has 1 saturated heterocycles. The van der Waals surface area contributed by atoms with E-state index < -0.39 is 34.0 Å². The molecule has 2 N–H and O–H groups in total. The number of non-ortho nitro benzene ring substituents is 1. The Morgan fingerprint density at radius 2 is 1.89 bits per heavy atom. The highest BCUT2D eigenvalue weighted by atomic mass is 19.4. The highest BCUT2D eigenvalue weighted by Crippen LogP contribution is 2.35. The third-order valence-electron chi connectivity index (χ3n) is 5.93. The number of benzene rings is 2. The van der Waals surface area contributed by atoms with E-state index in [1.165, 1.54) is 6.92 Å². The molecule has 0 radical (unpaired) electrons. The van der Waals surface area contributed by atoms with Crippen LogP contribution in [0.15, 0.2) is 41.2 Å². The maximum Gasteiger partial charge on any atom is 0.416 e. The van der Waals surface area contributed by atoms with Crippen molar-refractivity contribution < 1.29 is 22.9 Å². The molecule has 0 unspecified atom stereocenters. The summed E-state index contributed by atoms with van der Waals surface area (Å²) in [5, 5.41) is 21.2. The summed E-state index contributed by atoms with van der Waals surface area (Å²) >= 11 is 0. The Balaban J connectivity index is 1.72. The van der Waals surface area contributed by atoms with Crippen molar-refractivity contribution in [2.45, 2.75) is 19.1 Å². The molecule has 1 fully saturated rings. The van der Waals surface area contributed by atoms with Crippen LogP contribution in [-0.4, -0.2) is 52.6 Å². The monoisotopic (exact) mass is 490 g/mol. The number of halogens is 3. The minimum absolute atomic E-state index is 0.0218. The number of carbonyl (C=O) groups is 1. The number of alkyl halides is 3. The van der Waals surface area contributed by atoms with Gasteiger partial charge in [0.15, 0.2) is 5.82 Å². The number of hydrogen-bond donors (Lipinski definition) is 2. The Morgan fingerprint density at radius 3 is 2.54 bits per heavy atom. The van der Waals surface area contributed by atoms with Crippen molar-refractivity contribution in [3.05, 3.63) is 68.0 Å². The second-order valence-corrected chi connectivity index (χ2v) is 8.30. The Kier molecular flexibility index (Phi) is 6.09. The summed E-state index contributed by atoms with van der Waals surface area (Å²) in [6.45, 7) is 2.80. The second-order valence-electron chi connectivity index (χ2n) is 8.30. The number of aromatic nitrogens is 2. The molecule has 1 aliphatic rings. The summed E-state index contributed by atoms with van der Waals surface area (Å²) < 4.78 is 39.9. The standard InChI is InChI=1S/C22H21F3N6O4/c1-12(13-7-14(22(23,24)25)9-16(8-13)31(34)35)26-20-18-10-15(3-4-17(18)21(33)28-27-20)30-6-5-29(2)19(32)11-30/h3-4,7-10,12H,5-6,11H2,1-2H3,(H,26,27)(H,28,33)/t12-/m1/s1. The number of piperazine rings is 1. The fraction of sp³-hybridized carbons (Fsp3) is 0.318. The molecule has 10 nitrogen and oxygen atoms in total. The van der Waals surface area contributed by atoms with Gasteiger partial charge in [-0.1, -0.05) is 0 Å². The number of hydrogen-bond acceptors (Lipinski definition) is 7. The number of anilines is 2. The third-order valence-corrected chi connectivity index (χ3v) is 5.93. The van der Waals surface area contributed by atoms with Crippen molar-refractivity contribution in [2.24, 2.45) is 0 Å². The molecular formula is C22H21F3N6O4. The Labute approximate surface area is 196 Å². The predicted octanol–water partition coefficient (Wildman–Crippen LogP) is 3.30. The van der Waals surface area contributed by atoms with Gasteiger partial charge in [-0.25, -0.2) is 5.10 Å². The average molecular weight is 490 g/mol. The van der Waals surface area contributed by atoms with Gasteiger partial charge in [-0.15, -0.1) is 0 Å². The van der Waals surface area contributed by atoms with Crippen molar-refractivity contribution in [2.75, 3.05) is 36.9 Å². The zero-order valence-corrected chi connectivity index (χ0v) is 18.7. The first kappa shape index (κ1) is 24.0. The molecule has 0 spiro atoms. The van der Waals surface area contributed by atoms with E-state index in [1.54, 1.807) is 30.1 Å². The molecular weight excluding hydrogens is 469 g/mol. The lowest BCUT2D eigenvalue weighted by atomic mass is 10.0. The van der Waals surface area contributed by atoms with Crippen molar-refractivity contribution >= 4 is 33.9 Å². The molecule has 0 aliphatic carbocycles. The van der Waals surface area contributed by atoms with E-state index in [4.69, 9.17) is 0 Å². The molecule has 1 atom stereocenters. The Morgan fingerprint density at radius 1 is 1.14 bits per heavy atom. The van der Waals surface area contributed by atoms with Crippen LogP contribution in [0, 0.1) is 10.1 Å². The summed E-state index contributed by atoms with van der Waals surface area (Å²) in [7, 11) is 1.71. The smallest absolute Gasteiger partial charge is 0.362 e. The van der Waals surface area contributed by atoms with E-state index in [-0.39, 0.29) is 29.2 Å². The molecule has 2 heterocycles. The minimum atomic E-state index is -4.77. The third kappa shape index (κ3) is 4.88. The summed E-state index contributed by atoms with van der Waals surface area (Å²) in [5.41, 5.74) is -1.60. The summed E-state index contributed by atoms with van der Waals surface area (Å²) in [5.74, 6) is 0.118. The number of amides is 1. The highest BCUT2D eigenvalue weighted by Gasteiger charge is 2.33. The molecule has 0 bridgehead atoms. The van der Waals surface area contributed by atoms with Crippen molar-refractivity contribution in [3.63, 3.8) is 0 Å². The number of fused-ring (bicyclic) bond motifs is 1. The molecule has 3 aromatic rings. The number of nitro groups is 1. The lowest BCUT2D eigenvalue weighted by Gasteiger charge is -2.33. The normalized spacial score (nSPS) is 15.4. The van der Waals surface area contributed by atoms with Crippen LogP contribution in [-0.2, 0) is 11.0 Å². The molecule has 35 heavy (non-hydrogen) atoms. The van der Waals surface area contributed by atoms with Gasteiger partial charge in [0.1, 0.15) is 0 Å². The molecule has 1 amide bonds. The van der Waals surface area contributed by atoms with Crippen molar-refractivity contribution in [1.82, 2.24) is 15.1 Å². The molecule has 2 aromatic carbocycles. The number of aromatic amines is 1. The SMILES string of the molecule is C[C@@H](Nc1n[nH]c(=O)c2ccc(N3CCN(C)C(=O)C3)cc12)c1cc([N+](=O)[O-])cc(C(F)(F)F)c1. The van der Waals surface area contributed by atoms with E-state index in [2.05, 4.69) is 15.5 Å². The van der Waals surface area contributed by atoms with Crippen LogP contribution in [0.2, 0.25) is 0 Å². The summed E-state index contributed by atoms with van der Waals surface area (Å²) in [4.78, 5) is 38.2. The fourth-order valence-corrected chi connectivity index (χ4v) is 3.88. The fourth-order valence-electron chi connectivity index (χ4n) is 3.88. The van der Waals surface area contributed by atoms with E-state index in [9.17, 15) is 32.9 Å². The van der Waals surface area contributed by atoms with E-state index >= 15 is 0 Å². The average Bonchev–Trinajstić information content (AvgIpc) is 2.81. The number of nitro benzene ring substituents is 1. The number of rotatable bonds is 5. The highest BCUT2D eigenvalue weighted by molar-refractivity contribution is 5.94. The van der Waals surface area contributed by atoms with Gasteiger partial charge in [0.25, 0.3) is 11.2 Å². The van der Waals surface area contributed by atoms with Crippen LogP contribution < -0.4 is 15.8 Å². The maximum absolute atomic E-state index is 13.3. The van der Waals surface area contributed by atoms with Gasteiger partial charge in [-0.2, -0.15) is 18.3 Å². The molecule has 184 valence electrons. The Bertz CT molecular complexity index is 1370. The zero-order chi connectivity index (χ0) is 25.5. The van der Waals surface area contributed by atoms with Crippen molar-refractivity contribution in [3.8, 4) is 0 Å². The summed E-state index contributed by atoms with van der Waals surface area (Å²) in [6.07, 6.45) is -4.77. The Hall–Kier alpha value is -4.16.